The summed E-state index contributed by atoms with van der Waals surface area (Å²) >= 11 is 0. The molecule has 29 heavy (non-hydrogen) atoms. The van der Waals surface area contributed by atoms with Gasteiger partial charge in [0.1, 0.15) is 5.82 Å². The van der Waals surface area contributed by atoms with Crippen molar-refractivity contribution in [2.75, 3.05) is 31.2 Å². The largest absolute Gasteiger partial charge is 0.378 e. The van der Waals surface area contributed by atoms with Gasteiger partial charge in [0.25, 0.3) is 5.91 Å². The molecule has 3 aromatic rings. The molecule has 0 radical (unpaired) electrons. The first-order valence-corrected chi connectivity index (χ1v) is 9.73. The van der Waals surface area contributed by atoms with Crippen LogP contribution in [0.1, 0.15) is 21.5 Å². The number of pyridine rings is 2. The number of aromatic nitrogens is 4. The predicted molar refractivity (Wildman–Crippen MR) is 107 cm³/mol. The maximum absolute atomic E-state index is 13.2. The molecule has 0 saturated carbocycles. The predicted octanol–water partition coefficient (Wildman–Crippen LogP) is 1.87. The summed E-state index contributed by atoms with van der Waals surface area (Å²) in [7, 11) is 1.88. The van der Waals surface area contributed by atoms with E-state index in [2.05, 4.69) is 15.0 Å². The van der Waals surface area contributed by atoms with Crippen molar-refractivity contribution < 1.29 is 9.53 Å². The van der Waals surface area contributed by atoms with E-state index in [0.29, 0.717) is 26.3 Å². The van der Waals surface area contributed by atoms with E-state index in [0.717, 1.165) is 46.9 Å². The zero-order valence-electron chi connectivity index (χ0n) is 16.3. The number of rotatable bonds is 4. The molecule has 1 amide bonds. The number of aryl methyl sites for hydroxylation is 1. The number of amides is 1. The van der Waals surface area contributed by atoms with Gasteiger partial charge in [-0.25, -0.2) is 4.98 Å². The summed E-state index contributed by atoms with van der Waals surface area (Å²) in [5.41, 5.74) is 4.46. The first-order valence-electron chi connectivity index (χ1n) is 9.73. The molecule has 0 atom stereocenters. The van der Waals surface area contributed by atoms with Crippen LogP contribution in [0, 0.1) is 0 Å². The Morgan fingerprint density at radius 3 is 2.79 bits per heavy atom. The van der Waals surface area contributed by atoms with Crippen molar-refractivity contribution in [1.82, 2.24) is 24.6 Å². The molecule has 2 aliphatic heterocycles. The lowest BCUT2D eigenvalue weighted by atomic mass is 10.0. The summed E-state index contributed by atoms with van der Waals surface area (Å²) in [5.74, 6) is 0.855. The Balaban J connectivity index is 1.55. The molecule has 3 aromatic heterocycles. The van der Waals surface area contributed by atoms with Gasteiger partial charge in [0.05, 0.1) is 30.7 Å². The van der Waals surface area contributed by atoms with Crippen LogP contribution in [0.2, 0.25) is 0 Å². The zero-order chi connectivity index (χ0) is 19.8. The molecular formula is C21H22N6O2. The van der Waals surface area contributed by atoms with Gasteiger partial charge < -0.3 is 14.5 Å². The van der Waals surface area contributed by atoms with Gasteiger partial charge in [0.15, 0.2) is 0 Å². The summed E-state index contributed by atoms with van der Waals surface area (Å²) in [6, 6.07) is 5.83. The minimum atomic E-state index is 0.0332. The number of fused-ring (bicyclic) bond motifs is 1. The molecule has 1 saturated heterocycles. The van der Waals surface area contributed by atoms with E-state index < -0.39 is 0 Å². The molecule has 5 rings (SSSR count). The quantitative estimate of drug-likeness (QED) is 0.677. The fourth-order valence-electron chi connectivity index (χ4n) is 3.94. The van der Waals surface area contributed by atoms with E-state index in [-0.39, 0.29) is 5.91 Å². The second-order valence-corrected chi connectivity index (χ2v) is 7.38. The second kappa shape index (κ2) is 7.29. The topological polar surface area (TPSA) is 76.4 Å². The Hall–Kier alpha value is -3.26. The molecule has 5 heterocycles. The number of ether oxygens (including phenoxy) is 1. The molecule has 1 fully saturated rings. The van der Waals surface area contributed by atoms with Crippen molar-refractivity contribution in [3.63, 3.8) is 0 Å². The smallest absolute Gasteiger partial charge is 0.255 e. The minimum absolute atomic E-state index is 0.0332. The normalized spacial score (nSPS) is 16.4. The highest BCUT2D eigenvalue weighted by atomic mass is 16.5. The van der Waals surface area contributed by atoms with Crippen LogP contribution in [-0.4, -0.2) is 56.9 Å². The van der Waals surface area contributed by atoms with Crippen molar-refractivity contribution in [1.29, 1.82) is 0 Å². The number of anilines is 1. The lowest BCUT2D eigenvalue weighted by Crippen LogP contribution is -2.37. The van der Waals surface area contributed by atoms with Crippen LogP contribution < -0.4 is 4.90 Å². The van der Waals surface area contributed by atoms with Gasteiger partial charge in [0, 0.05) is 68.5 Å². The van der Waals surface area contributed by atoms with Gasteiger partial charge in [0.2, 0.25) is 0 Å². The highest BCUT2D eigenvalue weighted by molar-refractivity contribution is 6.01. The molecule has 0 N–H and O–H groups in total. The fourth-order valence-corrected chi connectivity index (χ4v) is 3.94. The van der Waals surface area contributed by atoms with E-state index in [1.165, 1.54) is 0 Å². The standard InChI is InChI=1S/C21H22N6O2/c1-25-12-15(10-23-25)13-27-14-18-17(21(27)28)9-19(26-5-7-29-8-6-26)24-20(18)16-3-2-4-22-11-16/h2-4,9-12H,5-8,13-14H2,1H3. The summed E-state index contributed by atoms with van der Waals surface area (Å²) in [6.45, 7) is 3.94. The first-order chi connectivity index (χ1) is 14.2. The Kier molecular flexibility index (Phi) is 4.48. The Morgan fingerprint density at radius 2 is 2.07 bits per heavy atom. The number of hydrogen-bond donors (Lipinski definition) is 0. The molecule has 8 nitrogen and oxygen atoms in total. The molecule has 8 heteroatoms. The molecule has 0 spiro atoms. The van der Waals surface area contributed by atoms with Crippen molar-refractivity contribution in [2.24, 2.45) is 7.05 Å². The highest BCUT2D eigenvalue weighted by Gasteiger charge is 2.32. The van der Waals surface area contributed by atoms with Crippen LogP contribution in [0.15, 0.2) is 43.0 Å². The van der Waals surface area contributed by atoms with Gasteiger partial charge in [-0.05, 0) is 18.2 Å². The van der Waals surface area contributed by atoms with Crippen molar-refractivity contribution in [3.05, 3.63) is 59.7 Å². The number of carbonyl (C=O) groups is 1. The number of carbonyl (C=O) groups excluding carboxylic acids is 1. The Labute approximate surface area is 168 Å². The third-order valence-corrected chi connectivity index (χ3v) is 5.38. The molecule has 0 aliphatic carbocycles. The van der Waals surface area contributed by atoms with E-state index in [1.54, 1.807) is 23.3 Å². The fraction of sp³-hybridized carbons (Fsp3) is 0.333. The molecule has 0 bridgehead atoms. The monoisotopic (exact) mass is 390 g/mol. The Morgan fingerprint density at radius 1 is 1.21 bits per heavy atom. The maximum Gasteiger partial charge on any atom is 0.255 e. The van der Waals surface area contributed by atoms with E-state index >= 15 is 0 Å². The van der Waals surface area contributed by atoms with Crippen LogP contribution in [0.5, 0.6) is 0 Å². The molecule has 148 valence electrons. The highest BCUT2D eigenvalue weighted by Crippen LogP contribution is 2.34. The van der Waals surface area contributed by atoms with E-state index in [1.807, 2.05) is 36.3 Å². The lowest BCUT2D eigenvalue weighted by Gasteiger charge is -2.28. The molecular weight excluding hydrogens is 368 g/mol. The van der Waals surface area contributed by atoms with Crippen molar-refractivity contribution >= 4 is 11.7 Å². The Bertz CT molecular complexity index is 1040. The third-order valence-electron chi connectivity index (χ3n) is 5.38. The first kappa shape index (κ1) is 17.8. The van der Waals surface area contributed by atoms with Crippen LogP contribution in [0.3, 0.4) is 0 Å². The molecule has 2 aliphatic rings. The van der Waals surface area contributed by atoms with Gasteiger partial charge in [-0.3, -0.25) is 14.5 Å². The zero-order valence-corrected chi connectivity index (χ0v) is 16.3. The van der Waals surface area contributed by atoms with E-state index in [9.17, 15) is 4.79 Å². The number of hydrogen-bond acceptors (Lipinski definition) is 6. The summed E-state index contributed by atoms with van der Waals surface area (Å²) < 4.78 is 7.22. The summed E-state index contributed by atoms with van der Waals surface area (Å²) in [5, 5.41) is 4.21. The van der Waals surface area contributed by atoms with Gasteiger partial charge >= 0.3 is 0 Å². The van der Waals surface area contributed by atoms with Crippen molar-refractivity contribution in [2.45, 2.75) is 13.1 Å². The minimum Gasteiger partial charge on any atom is -0.378 e. The molecule has 0 unspecified atom stereocenters. The van der Waals surface area contributed by atoms with Gasteiger partial charge in [-0.15, -0.1) is 0 Å². The van der Waals surface area contributed by atoms with Crippen LogP contribution in [0.4, 0.5) is 5.82 Å². The van der Waals surface area contributed by atoms with Crippen LogP contribution in [-0.2, 0) is 24.9 Å². The van der Waals surface area contributed by atoms with Gasteiger partial charge in [-0.1, -0.05) is 0 Å². The molecule has 0 aromatic carbocycles. The van der Waals surface area contributed by atoms with Crippen LogP contribution >= 0.6 is 0 Å². The lowest BCUT2D eigenvalue weighted by molar-refractivity contribution is 0.0766. The summed E-state index contributed by atoms with van der Waals surface area (Å²) in [4.78, 5) is 26.5. The SMILES string of the molecule is Cn1cc(CN2Cc3c(cc(N4CCOCC4)nc3-c3cccnc3)C2=O)cn1. The number of morpholine rings is 1. The van der Waals surface area contributed by atoms with Crippen LogP contribution in [0.25, 0.3) is 11.3 Å². The average Bonchev–Trinajstić information content (AvgIpc) is 3.32. The average molecular weight is 390 g/mol. The second-order valence-electron chi connectivity index (χ2n) is 7.38. The summed E-state index contributed by atoms with van der Waals surface area (Å²) in [6.07, 6.45) is 7.29. The van der Waals surface area contributed by atoms with Gasteiger partial charge in [-0.2, -0.15) is 5.10 Å². The number of nitrogens with zero attached hydrogens (tertiary/aromatic N) is 6. The van der Waals surface area contributed by atoms with E-state index in [4.69, 9.17) is 9.72 Å². The third kappa shape index (κ3) is 3.36. The maximum atomic E-state index is 13.2. The van der Waals surface area contributed by atoms with Crippen molar-refractivity contribution in [3.8, 4) is 11.3 Å².